The fraction of sp³-hybridized carbons (Fsp3) is 0.0833. The fourth-order valence-electron chi connectivity index (χ4n) is 1.31. The van der Waals surface area contributed by atoms with E-state index in [1.165, 1.54) is 0 Å². The quantitative estimate of drug-likeness (QED) is 0.660. The Balaban J connectivity index is 2.24. The second kappa shape index (κ2) is 6.03. The van der Waals surface area contributed by atoms with Crippen molar-refractivity contribution >= 4 is 39.7 Å². The van der Waals surface area contributed by atoms with E-state index in [9.17, 15) is 9.90 Å². The van der Waals surface area contributed by atoms with Crippen molar-refractivity contribution in [3.63, 3.8) is 0 Å². The van der Waals surface area contributed by atoms with Crippen LogP contribution in [0, 0.1) is 6.92 Å². The van der Waals surface area contributed by atoms with Crippen molar-refractivity contribution in [1.82, 2.24) is 15.2 Å². The highest BCUT2D eigenvalue weighted by atomic mass is 79.9. The first-order chi connectivity index (χ1) is 9.04. The number of thioether (sulfide) groups is 1. The van der Waals surface area contributed by atoms with Gasteiger partial charge in [0.25, 0.3) is 0 Å². The third-order valence-electron chi connectivity index (χ3n) is 2.16. The van der Waals surface area contributed by atoms with Gasteiger partial charge in [0, 0.05) is 4.47 Å². The van der Waals surface area contributed by atoms with Crippen molar-refractivity contribution < 1.29 is 9.90 Å². The molecule has 0 saturated carbocycles. The smallest absolute Gasteiger partial charge is 0.342 e. The molecule has 5 nitrogen and oxygen atoms in total. The third-order valence-corrected chi connectivity index (χ3v) is 3.56. The normalized spacial score (nSPS) is 11.6. The summed E-state index contributed by atoms with van der Waals surface area (Å²) in [5.74, 6) is -0.355. The summed E-state index contributed by atoms with van der Waals surface area (Å²) in [6.45, 7) is 1.76. The van der Waals surface area contributed by atoms with E-state index in [1.54, 1.807) is 13.0 Å². The summed E-state index contributed by atoms with van der Waals surface area (Å²) in [4.78, 5) is 15.5. The first-order valence-electron chi connectivity index (χ1n) is 5.32. The summed E-state index contributed by atoms with van der Waals surface area (Å²) in [5.41, 5.74) is 0.806. The topological polar surface area (TPSA) is 78.9 Å². The summed E-state index contributed by atoms with van der Waals surface area (Å²) in [5, 5.41) is 16.2. The minimum absolute atomic E-state index is 0.168. The van der Waals surface area contributed by atoms with Gasteiger partial charge in [-0.1, -0.05) is 28.1 Å². The monoisotopic (exact) mass is 339 g/mol. The maximum absolute atomic E-state index is 11.2. The van der Waals surface area contributed by atoms with Crippen LogP contribution in [0.4, 0.5) is 0 Å². The number of nitrogens with zero attached hydrogens (tertiary/aromatic N) is 2. The molecule has 98 valence electrons. The molecule has 0 unspecified atom stereocenters. The first-order valence-corrected chi connectivity index (χ1v) is 6.93. The van der Waals surface area contributed by atoms with Gasteiger partial charge >= 0.3 is 5.97 Å². The zero-order valence-corrected chi connectivity index (χ0v) is 12.3. The number of hydrogen-bond donors (Lipinski definition) is 2. The predicted molar refractivity (Wildman–Crippen MR) is 76.7 cm³/mol. The number of H-pyrrole nitrogens is 1. The molecule has 0 fully saturated rings. The number of aliphatic carboxylic acids is 1. The molecule has 2 rings (SSSR count). The van der Waals surface area contributed by atoms with Gasteiger partial charge in [0.15, 0.2) is 0 Å². The Labute approximate surface area is 122 Å². The number of rotatable bonds is 4. The van der Waals surface area contributed by atoms with Crippen molar-refractivity contribution in [3.05, 3.63) is 45.0 Å². The van der Waals surface area contributed by atoms with E-state index in [2.05, 4.69) is 31.1 Å². The van der Waals surface area contributed by atoms with Gasteiger partial charge in [-0.05, 0) is 42.5 Å². The summed E-state index contributed by atoms with van der Waals surface area (Å²) < 4.78 is 0.943. The highest BCUT2D eigenvalue weighted by Gasteiger charge is 2.12. The molecule has 2 N–H and O–H groups in total. The van der Waals surface area contributed by atoms with Crippen molar-refractivity contribution in [2.45, 2.75) is 12.1 Å². The van der Waals surface area contributed by atoms with Crippen LogP contribution in [0.3, 0.4) is 0 Å². The van der Waals surface area contributed by atoms with E-state index < -0.39 is 5.97 Å². The van der Waals surface area contributed by atoms with Gasteiger partial charge in [-0.3, -0.25) is 5.10 Å². The maximum atomic E-state index is 11.2. The molecule has 19 heavy (non-hydrogen) atoms. The van der Waals surface area contributed by atoms with Crippen LogP contribution in [0.5, 0.6) is 0 Å². The van der Waals surface area contributed by atoms with Gasteiger partial charge in [0.2, 0.25) is 5.16 Å². The van der Waals surface area contributed by atoms with E-state index in [0.29, 0.717) is 11.0 Å². The van der Waals surface area contributed by atoms with Crippen LogP contribution in [0.25, 0.3) is 6.08 Å². The number of aryl methyl sites for hydroxylation is 1. The number of nitrogens with one attached hydrogen (secondary N) is 1. The van der Waals surface area contributed by atoms with Crippen LogP contribution in [-0.2, 0) is 4.79 Å². The van der Waals surface area contributed by atoms with Crippen LogP contribution in [-0.4, -0.2) is 26.3 Å². The first kappa shape index (κ1) is 13.8. The van der Waals surface area contributed by atoms with Gasteiger partial charge in [0.1, 0.15) is 10.7 Å². The van der Waals surface area contributed by atoms with E-state index in [1.807, 2.05) is 24.3 Å². The predicted octanol–water partition coefficient (Wildman–Crippen LogP) is 3.09. The molecule has 0 saturated heterocycles. The molecule has 0 aliphatic rings. The second-order valence-electron chi connectivity index (χ2n) is 3.67. The number of carbonyl (C=O) groups is 1. The Morgan fingerprint density at radius 2 is 2.11 bits per heavy atom. The number of carboxylic acid groups (broad SMARTS) is 1. The van der Waals surface area contributed by atoms with Gasteiger partial charge in [-0.15, -0.1) is 5.10 Å². The maximum Gasteiger partial charge on any atom is 0.342 e. The molecule has 0 radical (unpaired) electrons. The van der Waals surface area contributed by atoms with Gasteiger partial charge in [-0.2, -0.15) is 0 Å². The molecule has 2 aromatic rings. The highest BCUT2D eigenvalue weighted by molar-refractivity contribution is 9.10. The minimum Gasteiger partial charge on any atom is -0.477 e. The Hall–Kier alpha value is -1.60. The molecule has 0 atom stereocenters. The van der Waals surface area contributed by atoms with Crippen molar-refractivity contribution in [3.8, 4) is 0 Å². The Bertz CT molecular complexity index is 622. The molecule has 0 spiro atoms. The molecule has 0 amide bonds. The molecule has 1 heterocycles. The lowest BCUT2D eigenvalue weighted by Gasteiger charge is -1.99. The molecule has 7 heteroatoms. The number of hydrogen-bond acceptors (Lipinski definition) is 4. The van der Waals surface area contributed by atoms with Crippen molar-refractivity contribution in [1.29, 1.82) is 0 Å². The van der Waals surface area contributed by atoms with Crippen molar-refractivity contribution in [2.75, 3.05) is 0 Å². The molecule has 0 aliphatic carbocycles. The lowest BCUT2D eigenvalue weighted by Crippen LogP contribution is -1.97. The molecular formula is C12H10BrN3O2S. The zero-order chi connectivity index (χ0) is 13.8. The fourth-order valence-corrected chi connectivity index (χ4v) is 2.33. The minimum atomic E-state index is -1.00. The van der Waals surface area contributed by atoms with E-state index in [4.69, 9.17) is 0 Å². The van der Waals surface area contributed by atoms with E-state index in [-0.39, 0.29) is 4.91 Å². The second-order valence-corrected chi connectivity index (χ2v) is 5.60. The average molecular weight is 340 g/mol. The molecule has 1 aromatic heterocycles. The molecule has 0 bridgehead atoms. The van der Waals surface area contributed by atoms with Crippen LogP contribution in [0.1, 0.15) is 11.4 Å². The lowest BCUT2D eigenvalue weighted by molar-refractivity contribution is -0.131. The van der Waals surface area contributed by atoms with E-state index in [0.717, 1.165) is 21.8 Å². The molecule has 0 aliphatic heterocycles. The Morgan fingerprint density at radius 1 is 1.42 bits per heavy atom. The SMILES string of the molecule is Cc1nc(SC(=Cc2ccc(Br)cc2)C(=O)O)n[nH]1. The molecule has 1 aromatic carbocycles. The van der Waals surface area contributed by atoms with Gasteiger partial charge in [-0.25, -0.2) is 9.78 Å². The summed E-state index contributed by atoms with van der Waals surface area (Å²) in [6.07, 6.45) is 1.59. The Kier molecular flexibility index (Phi) is 4.39. The number of carboxylic acids is 1. The van der Waals surface area contributed by atoms with Gasteiger partial charge in [0.05, 0.1) is 0 Å². The van der Waals surface area contributed by atoms with Crippen LogP contribution < -0.4 is 0 Å². The zero-order valence-electron chi connectivity index (χ0n) is 9.92. The lowest BCUT2D eigenvalue weighted by atomic mass is 10.2. The molecular weight excluding hydrogens is 330 g/mol. The number of benzene rings is 1. The summed E-state index contributed by atoms with van der Waals surface area (Å²) in [7, 11) is 0. The Morgan fingerprint density at radius 3 is 2.63 bits per heavy atom. The number of aromatic amines is 1. The third kappa shape index (κ3) is 3.93. The van der Waals surface area contributed by atoms with Crippen LogP contribution in [0.2, 0.25) is 0 Å². The highest BCUT2D eigenvalue weighted by Crippen LogP contribution is 2.25. The average Bonchev–Trinajstić information content (AvgIpc) is 2.76. The summed E-state index contributed by atoms with van der Waals surface area (Å²) in [6, 6.07) is 7.37. The number of aromatic nitrogens is 3. The van der Waals surface area contributed by atoms with Crippen LogP contribution >= 0.6 is 27.7 Å². The van der Waals surface area contributed by atoms with E-state index >= 15 is 0 Å². The van der Waals surface area contributed by atoms with Crippen LogP contribution in [0.15, 0.2) is 38.8 Å². The van der Waals surface area contributed by atoms with Gasteiger partial charge < -0.3 is 5.11 Å². The largest absolute Gasteiger partial charge is 0.477 e. The standard InChI is InChI=1S/C12H10BrN3O2S/c1-7-14-12(16-15-7)19-10(11(17)18)6-8-2-4-9(13)5-3-8/h2-6H,1H3,(H,17,18)(H,14,15,16). The number of halogens is 1. The van der Waals surface area contributed by atoms with Crippen molar-refractivity contribution in [2.24, 2.45) is 0 Å². The summed E-state index contributed by atoms with van der Waals surface area (Å²) >= 11 is 4.34.